The highest BCUT2D eigenvalue weighted by Gasteiger charge is 1.67. The SMILES string of the molecule is O=[SiH][B]Cl. The monoisotopic (exact) mass is 91.0 g/mol. The van der Waals surface area contributed by atoms with E-state index in [0.29, 0.717) is 0 Å². The van der Waals surface area contributed by atoms with E-state index in [1.807, 2.05) is 0 Å². The highest BCUT2D eigenvalue weighted by atomic mass is 35.5. The van der Waals surface area contributed by atoms with Gasteiger partial charge in [0.1, 0.15) is 0 Å². The molecule has 0 fully saturated rings. The Labute approximate surface area is 32.3 Å². The third kappa shape index (κ3) is 2.37. The molecular weight excluding hydrogens is 90.3 g/mol. The van der Waals surface area contributed by atoms with Gasteiger partial charge in [-0.05, 0) is 0 Å². The molecule has 4 heavy (non-hydrogen) atoms. The number of halogens is 1. The normalized spacial score (nSPS) is 5.25. The second-order valence-corrected chi connectivity index (χ2v) is 1.54. The van der Waals surface area contributed by atoms with Gasteiger partial charge in [-0.1, -0.05) is 0 Å². The fourth-order valence-electron chi connectivity index (χ4n) is 0. The van der Waals surface area contributed by atoms with Crippen molar-refractivity contribution < 1.29 is 4.46 Å². The van der Waals surface area contributed by atoms with E-state index in [-0.39, 0.29) is 0 Å². The van der Waals surface area contributed by atoms with Crippen LogP contribution in [0.5, 0.6) is 0 Å². The summed E-state index contributed by atoms with van der Waals surface area (Å²) < 4.78 is 9.19. The average molecular weight is 91.4 g/mol. The lowest BCUT2D eigenvalue weighted by atomic mass is 10.7. The van der Waals surface area contributed by atoms with Crippen LogP contribution in [0.4, 0.5) is 0 Å². The maximum Gasteiger partial charge on any atom is 0.297 e. The van der Waals surface area contributed by atoms with Gasteiger partial charge < -0.3 is 4.46 Å². The Hall–Kier alpha value is 0.372. The van der Waals surface area contributed by atoms with Gasteiger partial charge in [-0.25, -0.2) is 0 Å². The van der Waals surface area contributed by atoms with Crippen molar-refractivity contribution in [3.63, 3.8) is 0 Å². The highest BCUT2D eigenvalue weighted by molar-refractivity contribution is 7.21. The smallest absolute Gasteiger partial charge is 0.297 e. The lowest BCUT2D eigenvalue weighted by Crippen LogP contribution is -1.74. The van der Waals surface area contributed by atoms with Crippen molar-refractivity contribution in [2.75, 3.05) is 0 Å². The molecule has 0 aliphatic carbocycles. The molecular formula is HBClOSi. The molecule has 0 amide bonds. The molecule has 1 radical (unpaired) electrons. The van der Waals surface area contributed by atoms with E-state index < -0.39 is 9.28 Å². The number of hydrogen-bond donors (Lipinski definition) is 0. The van der Waals surface area contributed by atoms with E-state index in [4.69, 9.17) is 11.5 Å². The Morgan fingerprint density at radius 2 is 2.25 bits per heavy atom. The summed E-state index contributed by atoms with van der Waals surface area (Å²) in [6.07, 6.45) is 1.12. The first kappa shape index (κ1) is 4.37. The van der Waals surface area contributed by atoms with Gasteiger partial charge in [-0.3, -0.25) is 0 Å². The highest BCUT2D eigenvalue weighted by Crippen LogP contribution is 1.50. The van der Waals surface area contributed by atoms with Crippen LogP contribution in [0.25, 0.3) is 0 Å². The largest absolute Gasteiger partial charge is 0.401 e. The standard InChI is InChI=1S/BClHOSi/c2-1-4-3/h4H. The fourth-order valence-corrected chi connectivity index (χ4v) is 0. The maximum absolute atomic E-state index is 9.19. The molecule has 0 saturated heterocycles. The van der Waals surface area contributed by atoms with Crippen LogP contribution in [0, 0.1) is 0 Å². The molecule has 0 aromatic carbocycles. The van der Waals surface area contributed by atoms with Crippen LogP contribution in [0.2, 0.25) is 0 Å². The van der Waals surface area contributed by atoms with Crippen LogP contribution in [-0.2, 0) is 4.46 Å². The minimum absolute atomic E-state index is 0.827. The first-order chi connectivity index (χ1) is 1.91. The van der Waals surface area contributed by atoms with Crippen molar-refractivity contribution in [1.82, 2.24) is 0 Å². The Morgan fingerprint density at radius 1 is 2.00 bits per heavy atom. The lowest BCUT2D eigenvalue weighted by Gasteiger charge is -1.41. The predicted molar refractivity (Wildman–Crippen MR) is 19.4 cm³/mol. The Bertz CT molecular complexity index is 22.0. The van der Waals surface area contributed by atoms with Crippen LogP contribution in [0.15, 0.2) is 0 Å². The van der Waals surface area contributed by atoms with E-state index in [9.17, 15) is 4.46 Å². The quantitative estimate of drug-likeness (QED) is 0.399. The number of hydrogen-bond acceptors (Lipinski definition) is 1. The first-order valence-electron chi connectivity index (χ1n) is 0.787. The van der Waals surface area contributed by atoms with Crippen LogP contribution in [0.1, 0.15) is 0 Å². The summed E-state index contributed by atoms with van der Waals surface area (Å²) in [6, 6.07) is 0. The van der Waals surface area contributed by atoms with Crippen LogP contribution < -0.4 is 0 Å². The minimum atomic E-state index is -0.827. The summed E-state index contributed by atoms with van der Waals surface area (Å²) in [4.78, 5) is 0. The van der Waals surface area contributed by atoms with Gasteiger partial charge >= 0.3 is 0 Å². The van der Waals surface area contributed by atoms with Gasteiger partial charge in [0.2, 0.25) is 9.28 Å². The molecule has 0 rings (SSSR count). The Kier molecular flexibility index (Phi) is 3.69. The van der Waals surface area contributed by atoms with Crippen molar-refractivity contribution in [2.45, 2.75) is 0 Å². The topological polar surface area (TPSA) is 17.1 Å². The maximum atomic E-state index is 9.19. The summed E-state index contributed by atoms with van der Waals surface area (Å²) in [7, 11) is -0.827. The molecule has 4 heteroatoms. The molecule has 0 aliphatic rings. The van der Waals surface area contributed by atoms with E-state index in [1.165, 1.54) is 0 Å². The zero-order chi connectivity index (χ0) is 3.41. The average Bonchev–Trinajstić information content (AvgIpc) is 1.37. The summed E-state index contributed by atoms with van der Waals surface area (Å²) in [5.74, 6) is 0. The molecule has 0 atom stereocenters. The van der Waals surface area contributed by atoms with Crippen molar-refractivity contribution in [2.24, 2.45) is 0 Å². The second kappa shape index (κ2) is 3.37. The van der Waals surface area contributed by atoms with Crippen molar-refractivity contribution >= 4 is 27.0 Å². The van der Waals surface area contributed by atoms with Crippen LogP contribution in [0.3, 0.4) is 0 Å². The fraction of sp³-hybridized carbons (Fsp3) is 0. The molecule has 1 nitrogen and oxygen atoms in total. The molecule has 0 heterocycles. The van der Waals surface area contributed by atoms with Gasteiger partial charge in [-0.15, -0.1) is 0 Å². The molecule has 0 saturated carbocycles. The minimum Gasteiger partial charge on any atom is -0.401 e. The second-order valence-electron chi connectivity index (χ2n) is 0.262. The molecule has 0 bridgehead atoms. The van der Waals surface area contributed by atoms with Gasteiger partial charge in [0.05, 0.1) is 0 Å². The van der Waals surface area contributed by atoms with Gasteiger partial charge in [0.25, 0.3) is 6.29 Å². The Balaban J connectivity index is 2.30. The van der Waals surface area contributed by atoms with E-state index >= 15 is 0 Å². The van der Waals surface area contributed by atoms with Crippen molar-refractivity contribution in [3.05, 3.63) is 0 Å². The zero-order valence-corrected chi connectivity index (χ0v) is 3.85. The van der Waals surface area contributed by atoms with Crippen LogP contribution >= 0.6 is 11.5 Å². The van der Waals surface area contributed by atoms with Crippen molar-refractivity contribution in [1.29, 1.82) is 0 Å². The molecule has 0 unspecified atom stereocenters. The molecule has 0 aromatic rings. The summed E-state index contributed by atoms with van der Waals surface area (Å²) in [5.41, 5.74) is 0. The van der Waals surface area contributed by atoms with Crippen molar-refractivity contribution in [3.8, 4) is 0 Å². The van der Waals surface area contributed by atoms with Gasteiger partial charge in [-0.2, -0.15) is 11.5 Å². The predicted octanol–water partition coefficient (Wildman–Crippen LogP) is -0.459. The first-order valence-corrected chi connectivity index (χ1v) is 2.36. The van der Waals surface area contributed by atoms with Gasteiger partial charge in [0.15, 0.2) is 0 Å². The van der Waals surface area contributed by atoms with E-state index in [2.05, 4.69) is 0 Å². The molecule has 0 N–H and O–H groups in total. The third-order valence-electron chi connectivity index (χ3n) is 0.0514. The zero-order valence-electron chi connectivity index (χ0n) is 1.94. The molecule has 0 aliphatic heterocycles. The third-order valence-corrected chi connectivity index (χ3v) is 0.463. The van der Waals surface area contributed by atoms with E-state index in [1.54, 1.807) is 0 Å². The van der Waals surface area contributed by atoms with E-state index in [0.717, 1.165) is 6.29 Å². The van der Waals surface area contributed by atoms with Gasteiger partial charge in [0, 0.05) is 0 Å². The molecule has 0 spiro atoms. The summed E-state index contributed by atoms with van der Waals surface area (Å²) >= 11 is 4.79. The summed E-state index contributed by atoms with van der Waals surface area (Å²) in [5, 5.41) is 0. The lowest BCUT2D eigenvalue weighted by molar-refractivity contribution is 0.586. The summed E-state index contributed by atoms with van der Waals surface area (Å²) in [6.45, 7) is 0. The molecule has 21 valence electrons. The van der Waals surface area contributed by atoms with Crippen LogP contribution in [-0.4, -0.2) is 15.6 Å². The number of rotatable bonds is 1. The molecule has 0 aromatic heterocycles. The Morgan fingerprint density at radius 3 is 2.25 bits per heavy atom.